The van der Waals surface area contributed by atoms with Crippen molar-refractivity contribution in [3.63, 3.8) is 0 Å². The van der Waals surface area contributed by atoms with Crippen molar-refractivity contribution in [1.82, 2.24) is 20.1 Å². The Balaban J connectivity index is 1.80. The van der Waals surface area contributed by atoms with Crippen molar-refractivity contribution < 1.29 is 9.90 Å². The number of nitrogens with one attached hydrogen (secondary N) is 1. The van der Waals surface area contributed by atoms with Crippen LogP contribution >= 0.6 is 11.8 Å². The predicted molar refractivity (Wildman–Crippen MR) is 59.1 cm³/mol. The molecule has 0 bridgehead atoms. The average molecular weight is 242 g/mol. The number of nitrogens with zero attached hydrogens (tertiary/aromatic N) is 3. The van der Waals surface area contributed by atoms with E-state index in [9.17, 15) is 4.79 Å². The summed E-state index contributed by atoms with van der Waals surface area (Å²) in [6.45, 7) is 0.267. The van der Waals surface area contributed by atoms with Gasteiger partial charge in [0.05, 0.1) is 12.4 Å². The number of carbonyl (C=O) groups is 1. The molecule has 2 rings (SSSR count). The van der Waals surface area contributed by atoms with Gasteiger partial charge in [0.25, 0.3) is 0 Å². The van der Waals surface area contributed by atoms with Gasteiger partial charge in [-0.1, -0.05) is 11.8 Å². The van der Waals surface area contributed by atoms with Crippen LogP contribution in [-0.4, -0.2) is 44.7 Å². The van der Waals surface area contributed by atoms with Crippen LogP contribution in [0.2, 0.25) is 0 Å². The van der Waals surface area contributed by atoms with E-state index in [0.717, 1.165) is 5.16 Å². The Labute approximate surface area is 97.4 Å². The maximum atomic E-state index is 11.3. The molecule has 1 aliphatic carbocycles. The van der Waals surface area contributed by atoms with Crippen molar-refractivity contribution in [1.29, 1.82) is 0 Å². The molecule has 0 radical (unpaired) electrons. The standard InChI is InChI=1S/C9H14N4O2S/c14-4-3-10-8(15)5-16-9-12-11-6-13(9)7-1-2-7/h6-7,14H,1-5H2,(H,10,15). The second-order valence-corrected chi connectivity index (χ2v) is 4.56. The van der Waals surface area contributed by atoms with Gasteiger partial charge in [0.2, 0.25) is 5.91 Å². The van der Waals surface area contributed by atoms with Crippen LogP contribution in [0, 0.1) is 0 Å². The summed E-state index contributed by atoms with van der Waals surface area (Å²) in [5, 5.41) is 19.7. The van der Waals surface area contributed by atoms with Crippen molar-refractivity contribution in [3.05, 3.63) is 6.33 Å². The van der Waals surface area contributed by atoms with E-state index in [1.54, 1.807) is 6.33 Å². The molecule has 0 unspecified atom stereocenters. The molecule has 0 aromatic carbocycles. The average Bonchev–Trinajstić information content (AvgIpc) is 3.03. The Kier molecular flexibility index (Phi) is 3.79. The van der Waals surface area contributed by atoms with Gasteiger partial charge in [-0.05, 0) is 12.8 Å². The first-order chi connectivity index (χ1) is 7.81. The van der Waals surface area contributed by atoms with Crippen LogP contribution in [0.1, 0.15) is 18.9 Å². The van der Waals surface area contributed by atoms with Gasteiger partial charge in [-0.2, -0.15) is 0 Å². The number of aliphatic hydroxyl groups excluding tert-OH is 1. The molecule has 6 nitrogen and oxygen atoms in total. The molecule has 1 aliphatic rings. The molecule has 7 heteroatoms. The van der Waals surface area contributed by atoms with E-state index in [2.05, 4.69) is 15.5 Å². The van der Waals surface area contributed by atoms with Crippen molar-refractivity contribution in [3.8, 4) is 0 Å². The van der Waals surface area contributed by atoms with E-state index in [4.69, 9.17) is 5.11 Å². The minimum absolute atomic E-state index is 0.0331. The summed E-state index contributed by atoms with van der Waals surface area (Å²) in [6, 6.07) is 0.526. The lowest BCUT2D eigenvalue weighted by molar-refractivity contribution is -0.118. The molecule has 16 heavy (non-hydrogen) atoms. The van der Waals surface area contributed by atoms with E-state index in [1.165, 1.54) is 24.6 Å². The predicted octanol–water partition coefficient (Wildman–Crippen LogP) is -0.186. The smallest absolute Gasteiger partial charge is 0.230 e. The minimum atomic E-state index is -0.0932. The fourth-order valence-corrected chi connectivity index (χ4v) is 2.13. The second kappa shape index (κ2) is 5.31. The fourth-order valence-electron chi connectivity index (χ4n) is 1.31. The summed E-state index contributed by atoms with van der Waals surface area (Å²) >= 11 is 1.38. The van der Waals surface area contributed by atoms with Gasteiger partial charge in [-0.15, -0.1) is 10.2 Å². The molecule has 1 aromatic rings. The Bertz CT molecular complexity index is 364. The summed E-state index contributed by atoms with van der Waals surface area (Å²) in [7, 11) is 0. The van der Waals surface area contributed by atoms with Crippen LogP contribution in [0.4, 0.5) is 0 Å². The third-order valence-corrected chi connectivity index (χ3v) is 3.20. The first-order valence-corrected chi connectivity index (χ1v) is 6.19. The van der Waals surface area contributed by atoms with E-state index in [-0.39, 0.29) is 12.5 Å². The van der Waals surface area contributed by atoms with Crippen molar-refractivity contribution in [2.45, 2.75) is 24.0 Å². The van der Waals surface area contributed by atoms with Crippen LogP contribution in [0.25, 0.3) is 0 Å². The molecule has 0 spiro atoms. The van der Waals surface area contributed by atoms with Crippen LogP contribution < -0.4 is 5.32 Å². The Morgan fingerprint density at radius 3 is 3.19 bits per heavy atom. The SMILES string of the molecule is O=C(CSc1nncn1C1CC1)NCCO. The highest BCUT2D eigenvalue weighted by molar-refractivity contribution is 7.99. The van der Waals surface area contributed by atoms with Crippen LogP contribution in [0.5, 0.6) is 0 Å². The number of amides is 1. The third kappa shape index (κ3) is 2.96. The maximum Gasteiger partial charge on any atom is 0.230 e. The highest BCUT2D eigenvalue weighted by atomic mass is 32.2. The topological polar surface area (TPSA) is 80.0 Å². The Morgan fingerprint density at radius 2 is 2.50 bits per heavy atom. The molecule has 1 fully saturated rings. The summed E-state index contributed by atoms with van der Waals surface area (Å²) in [5.41, 5.74) is 0. The van der Waals surface area contributed by atoms with Gasteiger partial charge < -0.3 is 15.0 Å². The van der Waals surface area contributed by atoms with Crippen LogP contribution in [0.3, 0.4) is 0 Å². The monoisotopic (exact) mass is 242 g/mol. The molecule has 0 atom stereocenters. The number of hydrogen-bond acceptors (Lipinski definition) is 5. The summed E-state index contributed by atoms with van der Waals surface area (Å²) in [6.07, 6.45) is 4.05. The lowest BCUT2D eigenvalue weighted by Crippen LogP contribution is -2.28. The van der Waals surface area contributed by atoms with E-state index in [0.29, 0.717) is 18.3 Å². The molecule has 88 valence electrons. The molecule has 0 saturated heterocycles. The Hall–Kier alpha value is -1.08. The first kappa shape index (κ1) is 11.4. The van der Waals surface area contributed by atoms with E-state index >= 15 is 0 Å². The molecule has 1 amide bonds. The highest BCUT2D eigenvalue weighted by Crippen LogP contribution is 2.37. The van der Waals surface area contributed by atoms with Crippen molar-refractivity contribution in [2.75, 3.05) is 18.9 Å². The summed E-state index contributed by atoms with van der Waals surface area (Å²) in [4.78, 5) is 11.3. The number of aliphatic hydroxyl groups is 1. The van der Waals surface area contributed by atoms with Gasteiger partial charge in [-0.3, -0.25) is 4.79 Å². The van der Waals surface area contributed by atoms with Crippen LogP contribution in [-0.2, 0) is 4.79 Å². The van der Waals surface area contributed by atoms with Crippen molar-refractivity contribution in [2.24, 2.45) is 0 Å². The summed E-state index contributed by atoms with van der Waals surface area (Å²) < 4.78 is 2.02. The molecule has 0 aliphatic heterocycles. The highest BCUT2D eigenvalue weighted by Gasteiger charge is 2.26. The maximum absolute atomic E-state index is 11.3. The number of aromatic nitrogens is 3. The lowest BCUT2D eigenvalue weighted by Gasteiger charge is -2.04. The number of rotatable bonds is 6. The van der Waals surface area contributed by atoms with Gasteiger partial charge in [0.15, 0.2) is 5.16 Å². The largest absolute Gasteiger partial charge is 0.395 e. The number of hydrogen-bond donors (Lipinski definition) is 2. The normalized spacial score (nSPS) is 15.1. The van der Waals surface area contributed by atoms with E-state index < -0.39 is 0 Å². The summed E-state index contributed by atoms with van der Waals surface area (Å²) in [5.74, 6) is 0.218. The third-order valence-electron chi connectivity index (χ3n) is 2.25. The van der Waals surface area contributed by atoms with Crippen LogP contribution in [0.15, 0.2) is 11.5 Å². The van der Waals surface area contributed by atoms with E-state index in [1.807, 2.05) is 4.57 Å². The van der Waals surface area contributed by atoms with Gasteiger partial charge in [0, 0.05) is 12.6 Å². The quantitative estimate of drug-likeness (QED) is 0.676. The lowest BCUT2D eigenvalue weighted by atomic mass is 10.6. The Morgan fingerprint density at radius 1 is 1.69 bits per heavy atom. The fraction of sp³-hybridized carbons (Fsp3) is 0.667. The zero-order valence-corrected chi connectivity index (χ0v) is 9.61. The molecule has 1 heterocycles. The molecular weight excluding hydrogens is 228 g/mol. The zero-order valence-electron chi connectivity index (χ0n) is 8.80. The molecule has 1 aromatic heterocycles. The zero-order chi connectivity index (χ0) is 11.4. The minimum Gasteiger partial charge on any atom is -0.395 e. The second-order valence-electron chi connectivity index (χ2n) is 3.61. The number of carbonyl (C=O) groups excluding carboxylic acids is 1. The first-order valence-electron chi connectivity index (χ1n) is 5.21. The molecule has 2 N–H and O–H groups in total. The van der Waals surface area contributed by atoms with Gasteiger partial charge in [-0.25, -0.2) is 0 Å². The molecule has 1 saturated carbocycles. The van der Waals surface area contributed by atoms with Gasteiger partial charge in [0.1, 0.15) is 6.33 Å². The van der Waals surface area contributed by atoms with Gasteiger partial charge >= 0.3 is 0 Å². The molecular formula is C9H14N4O2S. The number of thioether (sulfide) groups is 1. The van der Waals surface area contributed by atoms with Crippen molar-refractivity contribution >= 4 is 17.7 Å².